The average molecular weight is 599 g/mol. The fraction of sp³-hybridized carbons (Fsp3) is 0.273. The van der Waals surface area contributed by atoms with Crippen molar-refractivity contribution >= 4 is 27.8 Å². The maximum Gasteiger partial charge on any atom is 0.264 e. The van der Waals surface area contributed by atoms with Crippen molar-refractivity contribution in [2.75, 3.05) is 11.3 Å². The van der Waals surface area contributed by atoms with Crippen LogP contribution in [0.5, 0.6) is 5.88 Å². The molecule has 0 saturated heterocycles. The summed E-state index contributed by atoms with van der Waals surface area (Å²) in [7, 11) is -4.22. The molecule has 3 aromatic carbocycles. The number of carbonyl (C=O) groups excluding carboxylic acids is 2. The molecular formula is C33H34N4O5S. The van der Waals surface area contributed by atoms with Gasteiger partial charge in [0.25, 0.3) is 21.8 Å². The quantitative estimate of drug-likeness (QED) is 0.286. The fourth-order valence-electron chi connectivity index (χ4n) is 5.26. The van der Waals surface area contributed by atoms with Crippen molar-refractivity contribution in [3.8, 4) is 17.1 Å². The van der Waals surface area contributed by atoms with Gasteiger partial charge in [0.05, 0.1) is 16.6 Å². The van der Waals surface area contributed by atoms with E-state index < -0.39 is 27.9 Å². The van der Waals surface area contributed by atoms with Crippen molar-refractivity contribution in [2.24, 2.45) is 5.41 Å². The first-order valence-electron chi connectivity index (χ1n) is 14.0. The molecule has 0 unspecified atom stereocenters. The lowest BCUT2D eigenvalue weighted by Gasteiger charge is -2.34. The third kappa shape index (κ3) is 6.59. The Kier molecular flexibility index (Phi) is 8.07. The van der Waals surface area contributed by atoms with Crippen LogP contribution in [-0.2, 0) is 10.0 Å². The number of sulfonamides is 1. The van der Waals surface area contributed by atoms with E-state index in [2.05, 4.69) is 14.7 Å². The average Bonchev–Trinajstić information content (AvgIpc) is 2.95. The van der Waals surface area contributed by atoms with Gasteiger partial charge in [-0.2, -0.15) is 4.98 Å². The van der Waals surface area contributed by atoms with E-state index in [4.69, 9.17) is 4.74 Å². The van der Waals surface area contributed by atoms with E-state index in [0.29, 0.717) is 17.7 Å². The summed E-state index contributed by atoms with van der Waals surface area (Å²) in [5, 5.41) is 0. The summed E-state index contributed by atoms with van der Waals surface area (Å²) in [6.07, 6.45) is 0.412. The number of rotatable bonds is 3. The van der Waals surface area contributed by atoms with Crippen molar-refractivity contribution in [3.63, 3.8) is 0 Å². The zero-order valence-corrected chi connectivity index (χ0v) is 25.6. The van der Waals surface area contributed by atoms with Gasteiger partial charge in [-0.25, -0.2) is 18.1 Å². The Bertz CT molecular complexity index is 1780. The number of imide groups is 1. The molecule has 222 valence electrons. The monoisotopic (exact) mass is 598 g/mol. The van der Waals surface area contributed by atoms with Crippen LogP contribution in [0, 0.1) is 19.3 Å². The minimum absolute atomic E-state index is 0.0502. The molecule has 0 aliphatic carbocycles. The van der Waals surface area contributed by atoms with E-state index >= 15 is 0 Å². The highest BCUT2D eigenvalue weighted by molar-refractivity contribution is 7.92. The molecule has 1 aliphatic rings. The molecule has 9 nitrogen and oxygen atoms in total. The minimum Gasteiger partial charge on any atom is -0.475 e. The van der Waals surface area contributed by atoms with Gasteiger partial charge in [0.2, 0.25) is 11.8 Å². The third-order valence-electron chi connectivity index (χ3n) is 7.15. The number of anilines is 1. The van der Waals surface area contributed by atoms with Crippen molar-refractivity contribution in [1.82, 2.24) is 14.9 Å². The van der Waals surface area contributed by atoms with Crippen LogP contribution in [0.2, 0.25) is 0 Å². The van der Waals surface area contributed by atoms with E-state index in [0.717, 1.165) is 16.7 Å². The smallest absolute Gasteiger partial charge is 0.264 e. The molecule has 1 atom stereocenters. The van der Waals surface area contributed by atoms with Gasteiger partial charge in [0.15, 0.2) is 0 Å². The zero-order valence-electron chi connectivity index (χ0n) is 24.8. The lowest BCUT2D eigenvalue weighted by Crippen LogP contribution is -2.49. The maximum atomic E-state index is 14.1. The first-order valence-corrected chi connectivity index (χ1v) is 15.4. The van der Waals surface area contributed by atoms with Crippen LogP contribution in [0.4, 0.5) is 5.95 Å². The molecule has 43 heavy (non-hydrogen) atoms. The van der Waals surface area contributed by atoms with Crippen molar-refractivity contribution in [2.45, 2.75) is 52.0 Å². The Morgan fingerprint density at radius 3 is 2.30 bits per heavy atom. The number of ether oxygens (including phenoxy) is 1. The van der Waals surface area contributed by atoms with E-state index in [1.165, 1.54) is 29.2 Å². The highest BCUT2D eigenvalue weighted by atomic mass is 32.2. The molecule has 0 saturated carbocycles. The lowest BCUT2D eigenvalue weighted by atomic mass is 9.87. The summed E-state index contributed by atoms with van der Waals surface area (Å²) in [5.74, 6) is -1.20. The summed E-state index contributed by atoms with van der Waals surface area (Å²) in [6, 6.07) is 20.9. The number of carbonyl (C=O) groups is 2. The summed E-state index contributed by atoms with van der Waals surface area (Å²) >= 11 is 0. The number of aryl methyl sites for hydroxylation is 2. The first kappa shape index (κ1) is 29.9. The zero-order chi connectivity index (χ0) is 30.9. The molecule has 1 aliphatic heterocycles. The van der Waals surface area contributed by atoms with Crippen LogP contribution in [0.15, 0.2) is 83.8 Å². The second-order valence-corrected chi connectivity index (χ2v) is 13.6. The van der Waals surface area contributed by atoms with E-state index in [9.17, 15) is 18.0 Å². The van der Waals surface area contributed by atoms with Gasteiger partial charge >= 0.3 is 0 Å². The highest BCUT2D eigenvalue weighted by Crippen LogP contribution is 2.31. The van der Waals surface area contributed by atoms with Gasteiger partial charge in [0, 0.05) is 22.8 Å². The molecule has 1 aromatic heterocycles. The summed E-state index contributed by atoms with van der Waals surface area (Å²) in [6.45, 7) is 9.87. The molecule has 10 heteroatoms. The fourth-order valence-corrected chi connectivity index (χ4v) is 6.25. The second kappa shape index (κ2) is 11.6. The number of nitrogens with one attached hydrogen (secondary N) is 1. The molecule has 2 amide bonds. The summed E-state index contributed by atoms with van der Waals surface area (Å²) < 4.78 is 35.7. The molecule has 4 bridgehead atoms. The number of hydrogen-bond acceptors (Lipinski definition) is 7. The Labute approximate surface area is 252 Å². The van der Waals surface area contributed by atoms with Gasteiger partial charge in [0.1, 0.15) is 6.61 Å². The molecule has 4 aromatic rings. The Morgan fingerprint density at radius 1 is 0.953 bits per heavy atom. The summed E-state index contributed by atoms with van der Waals surface area (Å²) in [4.78, 5) is 38.1. The second-order valence-electron chi connectivity index (χ2n) is 11.9. The molecule has 0 spiro atoms. The van der Waals surface area contributed by atoms with Gasteiger partial charge < -0.3 is 4.74 Å². The van der Waals surface area contributed by atoms with E-state index in [-0.39, 0.29) is 34.3 Å². The molecule has 2 heterocycles. The number of nitrogens with zero attached hydrogens (tertiary/aromatic N) is 3. The standard InChI is InChI=1S/C33H34N4O5S/c1-21-11-9-12-22(2)29(21)27-18-28-35-32(34-27)36-43(40,41)26-16-10-15-24(17-26)31(39)37(25(20-42-28)19-33(3,4)5)30(38)23-13-7-6-8-14-23/h6-18,25H,19-20H2,1-5H3,(H,34,35,36)/t25-/m1/s1. The molecule has 0 radical (unpaired) electrons. The topological polar surface area (TPSA) is 119 Å². The predicted octanol–water partition coefficient (Wildman–Crippen LogP) is 6.04. The third-order valence-corrected chi connectivity index (χ3v) is 8.48. The normalized spacial score (nSPS) is 16.6. The molecule has 5 rings (SSSR count). The van der Waals surface area contributed by atoms with E-state index in [1.54, 1.807) is 36.4 Å². The van der Waals surface area contributed by atoms with Crippen molar-refractivity contribution in [1.29, 1.82) is 0 Å². The van der Waals surface area contributed by atoms with Crippen LogP contribution in [0.25, 0.3) is 11.3 Å². The first-order chi connectivity index (χ1) is 20.3. The largest absolute Gasteiger partial charge is 0.475 e. The van der Waals surface area contributed by atoms with Crippen LogP contribution < -0.4 is 9.46 Å². The molecule has 0 fully saturated rings. The predicted molar refractivity (Wildman–Crippen MR) is 164 cm³/mol. The number of hydrogen-bond donors (Lipinski definition) is 1. The van der Waals surface area contributed by atoms with Crippen LogP contribution in [0.3, 0.4) is 0 Å². The number of aromatic nitrogens is 2. The molecule has 1 N–H and O–H groups in total. The molecular weight excluding hydrogens is 564 g/mol. The van der Waals surface area contributed by atoms with Crippen LogP contribution in [-0.4, -0.2) is 47.7 Å². The van der Waals surface area contributed by atoms with Gasteiger partial charge in [-0.05, 0) is 67.1 Å². The number of amides is 2. The van der Waals surface area contributed by atoms with Gasteiger partial charge in [-0.3, -0.25) is 14.5 Å². The highest BCUT2D eigenvalue weighted by Gasteiger charge is 2.35. The lowest BCUT2D eigenvalue weighted by molar-refractivity contribution is 0.0436. The number of fused-ring (bicyclic) bond motifs is 4. The summed E-state index contributed by atoms with van der Waals surface area (Å²) in [5.41, 5.74) is 3.26. The number of benzene rings is 3. The van der Waals surface area contributed by atoms with E-state index in [1.807, 2.05) is 52.8 Å². The van der Waals surface area contributed by atoms with Gasteiger partial charge in [-0.1, -0.05) is 63.2 Å². The maximum absolute atomic E-state index is 14.1. The van der Waals surface area contributed by atoms with Crippen molar-refractivity contribution < 1.29 is 22.7 Å². The van der Waals surface area contributed by atoms with Crippen LogP contribution >= 0.6 is 0 Å². The minimum atomic E-state index is -4.22. The Morgan fingerprint density at radius 2 is 1.63 bits per heavy atom. The van der Waals surface area contributed by atoms with Gasteiger partial charge in [-0.15, -0.1) is 0 Å². The Balaban J connectivity index is 1.71. The SMILES string of the molecule is Cc1cccc(C)c1-c1cc2nc(n1)NS(=O)(=O)c1cccc(c1)C(=O)N(C(=O)c1ccccc1)[C@H](CC(C)(C)C)CO2. The van der Waals surface area contributed by atoms with Crippen molar-refractivity contribution in [3.05, 3.63) is 101 Å². The Hall–Kier alpha value is -4.57. The van der Waals surface area contributed by atoms with Crippen LogP contribution in [0.1, 0.15) is 59.0 Å².